The zero-order valence-corrected chi connectivity index (χ0v) is 27.0. The van der Waals surface area contributed by atoms with Gasteiger partial charge in [0, 0.05) is 11.1 Å². The number of aliphatic hydroxyl groups excluding tert-OH is 1. The molecule has 3 N–H and O–H groups in total. The molecule has 2 amide bonds. The normalized spacial score (nSPS) is 24.7. The Kier molecular flexibility index (Phi) is 13.7. The number of unbranched alkanes of at least 4 members (excludes halogenated alkanes) is 4. The molecule has 3 rings (SSSR count). The predicted octanol–water partition coefficient (Wildman–Crippen LogP) is 4.83. The highest BCUT2D eigenvalue weighted by molar-refractivity contribution is 8.14. The maximum atomic E-state index is 13.3. The number of carbonyl (C=O) groups excluding carboxylic acids is 3. The van der Waals surface area contributed by atoms with E-state index in [0.717, 1.165) is 30.0 Å². The van der Waals surface area contributed by atoms with E-state index in [4.69, 9.17) is 4.74 Å². The molecule has 9 nitrogen and oxygen atoms in total. The first-order valence-electron chi connectivity index (χ1n) is 14.5. The predicted molar refractivity (Wildman–Crippen MR) is 168 cm³/mol. The van der Waals surface area contributed by atoms with Crippen LogP contribution in [0, 0.1) is 5.92 Å². The summed E-state index contributed by atoms with van der Waals surface area (Å²) in [7, 11) is 0. The minimum atomic E-state index is -1.03. The van der Waals surface area contributed by atoms with Crippen molar-refractivity contribution in [1.29, 1.82) is 0 Å². The summed E-state index contributed by atoms with van der Waals surface area (Å²) in [5, 5.41) is 19.3. The molecule has 1 aromatic heterocycles. The Bertz CT molecular complexity index is 1090. The molecule has 2 aliphatic rings. The lowest BCUT2D eigenvalue weighted by Crippen LogP contribution is -2.53. The van der Waals surface area contributed by atoms with Crippen molar-refractivity contribution >= 4 is 57.7 Å². The minimum absolute atomic E-state index is 0.0486. The van der Waals surface area contributed by atoms with Crippen LogP contribution in [-0.4, -0.2) is 67.5 Å². The fraction of sp³-hybridized carbons (Fsp3) is 0.690. The van der Waals surface area contributed by atoms with Gasteiger partial charge >= 0.3 is 5.97 Å². The van der Waals surface area contributed by atoms with Gasteiger partial charge in [0.2, 0.25) is 11.8 Å². The van der Waals surface area contributed by atoms with E-state index in [1.807, 2.05) is 25.3 Å². The summed E-state index contributed by atoms with van der Waals surface area (Å²) in [4.78, 5) is 48.6. The number of cyclic esters (lactones) is 1. The van der Waals surface area contributed by atoms with Gasteiger partial charge in [-0.3, -0.25) is 14.6 Å². The van der Waals surface area contributed by atoms with Gasteiger partial charge < -0.3 is 20.5 Å². The minimum Gasteiger partial charge on any atom is -0.456 e. The monoisotopic (exact) mass is 624 g/mol. The van der Waals surface area contributed by atoms with Gasteiger partial charge in [0.05, 0.1) is 18.4 Å². The van der Waals surface area contributed by atoms with Crippen LogP contribution >= 0.6 is 34.9 Å². The van der Waals surface area contributed by atoms with Crippen LogP contribution in [0.15, 0.2) is 22.5 Å². The number of aliphatic imine (C=N–C) groups is 1. The molecule has 0 radical (unpaired) electrons. The van der Waals surface area contributed by atoms with Gasteiger partial charge in [-0.1, -0.05) is 59.0 Å². The smallest absolute Gasteiger partial charge is 0.329 e. The molecule has 1 unspecified atom stereocenters. The first-order valence-corrected chi connectivity index (χ1v) is 17.4. The summed E-state index contributed by atoms with van der Waals surface area (Å²) in [6.45, 7) is 7.88. The van der Waals surface area contributed by atoms with Crippen molar-refractivity contribution in [3.05, 3.63) is 28.2 Å². The number of hydrogen-bond acceptors (Lipinski definition) is 10. The molecule has 0 saturated carbocycles. The number of aliphatic hydroxyl groups is 1. The zero-order valence-electron chi connectivity index (χ0n) is 24.5. The fourth-order valence-corrected chi connectivity index (χ4v) is 7.16. The van der Waals surface area contributed by atoms with E-state index in [1.165, 1.54) is 54.1 Å². The molecule has 0 fully saturated rings. The summed E-state index contributed by atoms with van der Waals surface area (Å²) in [5.41, 5.74) is -0.730. The SMILES string of the molecule is CCCCCCCC(O)SCC/C=C/[C@@H]1CC(=O)NCc2nc(cs2)C2=N[C@@](C)(CS2)C(=O)N[C@@H](C(C)C)C(=O)O1. The van der Waals surface area contributed by atoms with Gasteiger partial charge in [-0.05, 0) is 37.5 Å². The van der Waals surface area contributed by atoms with Crippen molar-refractivity contribution in [1.82, 2.24) is 15.6 Å². The molecule has 4 atom stereocenters. The topological polar surface area (TPSA) is 130 Å². The number of nitrogens with one attached hydrogen (secondary N) is 2. The second kappa shape index (κ2) is 16.7. The molecule has 4 bridgehead atoms. The zero-order chi connectivity index (χ0) is 29.8. The van der Waals surface area contributed by atoms with E-state index in [-0.39, 0.29) is 30.7 Å². The van der Waals surface area contributed by atoms with Gasteiger partial charge in [0.15, 0.2) is 0 Å². The third-order valence-electron chi connectivity index (χ3n) is 6.90. The molecule has 41 heavy (non-hydrogen) atoms. The molecule has 3 heterocycles. The van der Waals surface area contributed by atoms with Crippen LogP contribution in [0.25, 0.3) is 0 Å². The summed E-state index contributed by atoms with van der Waals surface area (Å²) in [5.74, 6) is -0.272. The number of fused-ring (bicyclic) bond motifs is 4. The number of ether oxygens (including phenoxy) is 1. The van der Waals surface area contributed by atoms with Gasteiger partial charge in [0.25, 0.3) is 0 Å². The lowest BCUT2D eigenvalue weighted by molar-refractivity contribution is -0.153. The molecular formula is C29H44N4O5S3. The van der Waals surface area contributed by atoms with Crippen LogP contribution in [0.5, 0.6) is 0 Å². The number of hydrogen-bond donors (Lipinski definition) is 3. The molecule has 228 valence electrons. The number of carbonyl (C=O) groups is 3. The third kappa shape index (κ3) is 10.7. The largest absolute Gasteiger partial charge is 0.456 e. The van der Waals surface area contributed by atoms with E-state index in [0.29, 0.717) is 22.9 Å². The van der Waals surface area contributed by atoms with Crippen LogP contribution in [0.1, 0.15) is 89.8 Å². The Morgan fingerprint density at radius 3 is 2.78 bits per heavy atom. The van der Waals surface area contributed by atoms with E-state index in [2.05, 4.69) is 27.5 Å². The van der Waals surface area contributed by atoms with Gasteiger partial charge in [-0.25, -0.2) is 9.78 Å². The maximum absolute atomic E-state index is 13.3. The summed E-state index contributed by atoms with van der Waals surface area (Å²) in [6.07, 6.45) is 10.0. The van der Waals surface area contributed by atoms with Crippen molar-refractivity contribution in [3.63, 3.8) is 0 Å². The number of allylic oxidation sites excluding steroid dienone is 1. The first-order chi connectivity index (χ1) is 19.6. The molecule has 2 aliphatic heterocycles. The Hall–Kier alpha value is -1.89. The standard InChI is InChI=1S/C29H44N4O5S3/c1-5-6-7-8-9-13-24(35)39-14-11-10-12-20-15-22(34)30-16-23-31-21(17-40-23)26-33-29(4,18-41-26)28(37)32-25(19(2)3)27(36)38-20/h10,12,17,19-20,24-25,35H,5-9,11,13-16,18H2,1-4H3,(H,30,34)(H,32,37)/b12-10+/t20-,24?,25+,29+/m1/s1. The van der Waals surface area contributed by atoms with Crippen LogP contribution in [0.3, 0.4) is 0 Å². The first kappa shape index (κ1) is 33.6. The van der Waals surface area contributed by atoms with Crippen molar-refractivity contribution in [2.24, 2.45) is 10.9 Å². The van der Waals surface area contributed by atoms with Crippen LogP contribution in [-0.2, 0) is 25.7 Å². The highest BCUT2D eigenvalue weighted by Crippen LogP contribution is 2.32. The summed E-state index contributed by atoms with van der Waals surface area (Å²) in [6, 6.07) is -0.885. The lowest BCUT2D eigenvalue weighted by atomic mass is 10.0. The average Bonchev–Trinajstić information content (AvgIpc) is 3.56. The van der Waals surface area contributed by atoms with E-state index >= 15 is 0 Å². The number of thioether (sulfide) groups is 2. The molecule has 12 heteroatoms. The number of thiazole rings is 1. The third-order valence-corrected chi connectivity index (χ3v) is 10.1. The van der Waals surface area contributed by atoms with Crippen LogP contribution < -0.4 is 10.6 Å². The van der Waals surface area contributed by atoms with E-state index in [9.17, 15) is 19.5 Å². The van der Waals surface area contributed by atoms with Crippen LogP contribution in [0.4, 0.5) is 0 Å². The highest BCUT2D eigenvalue weighted by Gasteiger charge is 2.41. The van der Waals surface area contributed by atoms with Crippen molar-refractivity contribution in [3.8, 4) is 0 Å². The number of nitrogens with zero attached hydrogens (tertiary/aromatic N) is 2. The van der Waals surface area contributed by atoms with Gasteiger partial charge in [-0.2, -0.15) is 0 Å². The van der Waals surface area contributed by atoms with Crippen molar-refractivity contribution in [2.75, 3.05) is 11.5 Å². The molecule has 0 aromatic carbocycles. The molecule has 1 aromatic rings. The Balaban J connectivity index is 1.65. The quantitative estimate of drug-likeness (QED) is 0.131. The van der Waals surface area contributed by atoms with Crippen molar-refractivity contribution in [2.45, 2.75) is 109 Å². The maximum Gasteiger partial charge on any atom is 0.329 e. The summed E-state index contributed by atoms with van der Waals surface area (Å²) >= 11 is 4.38. The molecule has 0 saturated heterocycles. The average molecular weight is 625 g/mol. The van der Waals surface area contributed by atoms with Gasteiger partial charge in [0.1, 0.15) is 33.4 Å². The van der Waals surface area contributed by atoms with E-state index < -0.39 is 29.1 Å². The Morgan fingerprint density at radius 1 is 1.24 bits per heavy atom. The number of rotatable bonds is 12. The highest BCUT2D eigenvalue weighted by atomic mass is 32.2. The summed E-state index contributed by atoms with van der Waals surface area (Å²) < 4.78 is 5.79. The van der Waals surface area contributed by atoms with E-state index in [1.54, 1.807) is 13.0 Å². The van der Waals surface area contributed by atoms with Crippen molar-refractivity contribution < 1.29 is 24.2 Å². The lowest BCUT2D eigenvalue weighted by Gasteiger charge is -2.27. The number of amides is 2. The van der Waals surface area contributed by atoms with Crippen LogP contribution in [0.2, 0.25) is 0 Å². The van der Waals surface area contributed by atoms with Gasteiger partial charge in [-0.15, -0.1) is 34.9 Å². The number of aromatic nitrogens is 1. The Morgan fingerprint density at radius 2 is 2.02 bits per heavy atom. The molecular weight excluding hydrogens is 581 g/mol. The second-order valence-corrected chi connectivity index (χ2v) is 14.2. The molecule has 0 spiro atoms. The fourth-order valence-electron chi connectivity index (χ4n) is 4.36. The number of esters is 1. The molecule has 0 aliphatic carbocycles. The Labute approximate surface area is 256 Å². The second-order valence-electron chi connectivity index (χ2n) is 11.0.